The van der Waals surface area contributed by atoms with Crippen LogP contribution in [0.1, 0.15) is 5.56 Å². The van der Waals surface area contributed by atoms with Gasteiger partial charge in [-0.3, -0.25) is 0 Å². The summed E-state index contributed by atoms with van der Waals surface area (Å²) in [5.74, 6) is 0. The van der Waals surface area contributed by atoms with Gasteiger partial charge in [0, 0.05) is 10.0 Å². The maximum absolute atomic E-state index is 10.3. The molecule has 1 rings (SSSR count). The van der Waals surface area contributed by atoms with E-state index in [4.69, 9.17) is 5.73 Å². The molecule has 64 valence electrons. The Kier molecular flexibility index (Phi) is 3.10. The molecule has 3 nitrogen and oxygen atoms in total. The summed E-state index contributed by atoms with van der Waals surface area (Å²) in [6.45, 7) is 0.205. The monoisotopic (exact) mass is 229 g/mol. The van der Waals surface area contributed by atoms with Gasteiger partial charge >= 0.3 is 6.09 Å². The zero-order valence-corrected chi connectivity index (χ0v) is 7.87. The highest BCUT2D eigenvalue weighted by atomic mass is 79.9. The predicted octanol–water partition coefficient (Wildman–Crippen LogP) is 2.04. The van der Waals surface area contributed by atoms with E-state index in [0.29, 0.717) is 0 Å². The van der Waals surface area contributed by atoms with E-state index in [-0.39, 0.29) is 6.61 Å². The predicted molar refractivity (Wildman–Crippen MR) is 48.5 cm³/mol. The van der Waals surface area contributed by atoms with E-state index in [1.54, 1.807) is 0 Å². The summed E-state index contributed by atoms with van der Waals surface area (Å²) >= 11 is 3.31. The molecule has 0 heterocycles. The van der Waals surface area contributed by atoms with Crippen LogP contribution in [0.4, 0.5) is 4.79 Å². The largest absolute Gasteiger partial charge is 0.445 e. The van der Waals surface area contributed by atoms with Gasteiger partial charge in [0.15, 0.2) is 0 Å². The zero-order valence-electron chi connectivity index (χ0n) is 6.29. The molecule has 0 radical (unpaired) electrons. The van der Waals surface area contributed by atoms with Gasteiger partial charge in [0.2, 0.25) is 0 Å². The van der Waals surface area contributed by atoms with Gasteiger partial charge < -0.3 is 10.5 Å². The first-order valence-electron chi connectivity index (χ1n) is 3.36. The van der Waals surface area contributed by atoms with Crippen molar-refractivity contribution in [2.24, 2.45) is 5.73 Å². The van der Waals surface area contributed by atoms with E-state index >= 15 is 0 Å². The average molecular weight is 230 g/mol. The van der Waals surface area contributed by atoms with Gasteiger partial charge in [-0.2, -0.15) is 0 Å². The number of ether oxygens (including phenoxy) is 1. The molecule has 0 saturated carbocycles. The van der Waals surface area contributed by atoms with Gasteiger partial charge in [-0.15, -0.1) is 0 Å². The zero-order chi connectivity index (χ0) is 8.97. The number of hydrogen-bond acceptors (Lipinski definition) is 2. The summed E-state index contributed by atoms with van der Waals surface area (Å²) in [6.07, 6.45) is -0.759. The molecule has 0 spiro atoms. The number of nitrogens with two attached hydrogens (primary N) is 1. The van der Waals surface area contributed by atoms with Crippen molar-refractivity contribution >= 4 is 22.0 Å². The van der Waals surface area contributed by atoms with Crippen LogP contribution in [-0.4, -0.2) is 6.09 Å². The summed E-state index contributed by atoms with van der Waals surface area (Å²) in [4.78, 5) is 10.3. The van der Waals surface area contributed by atoms with E-state index < -0.39 is 6.09 Å². The smallest absolute Gasteiger partial charge is 0.404 e. The second-order valence-electron chi connectivity index (χ2n) is 2.20. The van der Waals surface area contributed by atoms with Crippen LogP contribution in [0, 0.1) is 0 Å². The highest BCUT2D eigenvalue weighted by Gasteiger charge is 1.99. The van der Waals surface area contributed by atoms with Crippen LogP contribution in [0.5, 0.6) is 0 Å². The minimum Gasteiger partial charge on any atom is -0.445 e. The first-order chi connectivity index (χ1) is 5.70. The first kappa shape index (κ1) is 9.06. The van der Waals surface area contributed by atoms with E-state index in [1.165, 1.54) is 0 Å². The lowest BCUT2D eigenvalue weighted by Gasteiger charge is -2.02. The van der Waals surface area contributed by atoms with E-state index in [0.717, 1.165) is 10.0 Å². The molecule has 0 unspecified atom stereocenters. The topological polar surface area (TPSA) is 52.3 Å². The third kappa shape index (κ3) is 2.54. The Morgan fingerprint density at radius 3 is 2.75 bits per heavy atom. The molecule has 0 saturated heterocycles. The van der Waals surface area contributed by atoms with Crippen LogP contribution in [-0.2, 0) is 11.3 Å². The minimum absolute atomic E-state index is 0.205. The first-order valence-corrected chi connectivity index (χ1v) is 4.15. The standard InChI is InChI=1S/C8H8BrNO2/c9-7-4-2-1-3-6(7)5-12-8(10)11/h1-4H,5H2,(H2,10,11). The number of hydrogen-bond donors (Lipinski definition) is 1. The van der Waals surface area contributed by atoms with Crippen LogP contribution >= 0.6 is 15.9 Å². The molecule has 1 amide bonds. The van der Waals surface area contributed by atoms with Crippen molar-refractivity contribution < 1.29 is 9.53 Å². The number of primary amides is 1. The number of carbonyl (C=O) groups is 1. The van der Waals surface area contributed by atoms with Crippen molar-refractivity contribution in [1.29, 1.82) is 0 Å². The van der Waals surface area contributed by atoms with Crippen LogP contribution in [0.3, 0.4) is 0 Å². The molecule has 0 aliphatic carbocycles. The van der Waals surface area contributed by atoms with Gasteiger partial charge in [0.1, 0.15) is 6.61 Å². The molecule has 2 N–H and O–H groups in total. The van der Waals surface area contributed by atoms with Crippen molar-refractivity contribution in [3.8, 4) is 0 Å². The minimum atomic E-state index is -0.759. The maximum atomic E-state index is 10.3. The fourth-order valence-corrected chi connectivity index (χ4v) is 1.16. The molecule has 0 bridgehead atoms. The summed E-state index contributed by atoms with van der Waals surface area (Å²) in [6, 6.07) is 7.48. The molecule has 4 heteroatoms. The molecule has 12 heavy (non-hydrogen) atoms. The number of amides is 1. The molecular weight excluding hydrogens is 222 g/mol. The molecule has 0 aromatic heterocycles. The third-order valence-electron chi connectivity index (χ3n) is 1.33. The molecule has 0 fully saturated rings. The van der Waals surface area contributed by atoms with Crippen LogP contribution in [0.15, 0.2) is 28.7 Å². The normalized spacial score (nSPS) is 9.42. The van der Waals surface area contributed by atoms with Gasteiger partial charge in [0.25, 0.3) is 0 Å². The Balaban J connectivity index is 2.63. The Bertz CT molecular complexity index is 288. The second-order valence-corrected chi connectivity index (χ2v) is 3.05. The van der Waals surface area contributed by atoms with E-state index in [2.05, 4.69) is 20.7 Å². The van der Waals surface area contributed by atoms with Gasteiger partial charge in [-0.25, -0.2) is 4.79 Å². The van der Waals surface area contributed by atoms with Crippen molar-refractivity contribution in [3.05, 3.63) is 34.3 Å². The molecule has 1 aromatic rings. The van der Waals surface area contributed by atoms with Crippen molar-refractivity contribution in [3.63, 3.8) is 0 Å². The molecular formula is C8H8BrNO2. The van der Waals surface area contributed by atoms with Gasteiger partial charge in [-0.1, -0.05) is 34.1 Å². The van der Waals surface area contributed by atoms with E-state index in [9.17, 15) is 4.79 Å². The van der Waals surface area contributed by atoms with E-state index in [1.807, 2.05) is 24.3 Å². The third-order valence-corrected chi connectivity index (χ3v) is 2.10. The average Bonchev–Trinajstić information content (AvgIpc) is 2.03. The number of halogens is 1. The molecule has 0 aliphatic rings. The highest BCUT2D eigenvalue weighted by Crippen LogP contribution is 2.16. The summed E-state index contributed by atoms with van der Waals surface area (Å²) in [7, 11) is 0. The summed E-state index contributed by atoms with van der Waals surface area (Å²) < 4.78 is 5.53. The second kappa shape index (κ2) is 4.11. The van der Waals surface area contributed by atoms with Crippen LogP contribution < -0.4 is 5.73 Å². The number of benzene rings is 1. The van der Waals surface area contributed by atoms with Crippen LogP contribution in [0.25, 0.3) is 0 Å². The van der Waals surface area contributed by atoms with Crippen molar-refractivity contribution in [1.82, 2.24) is 0 Å². The van der Waals surface area contributed by atoms with Crippen LogP contribution in [0.2, 0.25) is 0 Å². The fourth-order valence-electron chi connectivity index (χ4n) is 0.764. The summed E-state index contributed by atoms with van der Waals surface area (Å²) in [5, 5.41) is 0. The molecule has 1 aromatic carbocycles. The lowest BCUT2D eigenvalue weighted by molar-refractivity contribution is 0.150. The number of rotatable bonds is 2. The number of carbonyl (C=O) groups excluding carboxylic acids is 1. The summed E-state index contributed by atoms with van der Waals surface area (Å²) in [5.41, 5.74) is 5.71. The van der Waals surface area contributed by atoms with Crippen molar-refractivity contribution in [2.75, 3.05) is 0 Å². The van der Waals surface area contributed by atoms with Crippen molar-refractivity contribution in [2.45, 2.75) is 6.61 Å². The fraction of sp³-hybridized carbons (Fsp3) is 0.125. The Morgan fingerprint density at radius 1 is 1.50 bits per heavy atom. The lowest BCUT2D eigenvalue weighted by atomic mass is 10.2. The SMILES string of the molecule is NC(=O)OCc1ccccc1Br. The Labute approximate surface area is 78.6 Å². The Hall–Kier alpha value is -1.03. The quantitative estimate of drug-likeness (QED) is 0.845. The Morgan fingerprint density at radius 2 is 2.17 bits per heavy atom. The lowest BCUT2D eigenvalue weighted by Crippen LogP contribution is -2.12. The van der Waals surface area contributed by atoms with Gasteiger partial charge in [-0.05, 0) is 6.07 Å². The van der Waals surface area contributed by atoms with Gasteiger partial charge in [0.05, 0.1) is 0 Å². The molecule has 0 atom stereocenters. The maximum Gasteiger partial charge on any atom is 0.404 e. The molecule has 0 aliphatic heterocycles. The highest BCUT2D eigenvalue weighted by molar-refractivity contribution is 9.10.